The van der Waals surface area contributed by atoms with Crippen LogP contribution in [0.2, 0.25) is 0 Å². The van der Waals surface area contributed by atoms with Crippen molar-refractivity contribution in [3.63, 3.8) is 0 Å². The number of para-hydroxylation sites is 1. The topological polar surface area (TPSA) is 125 Å². The van der Waals surface area contributed by atoms with E-state index in [1.807, 2.05) is 44.2 Å². The summed E-state index contributed by atoms with van der Waals surface area (Å²) in [6, 6.07) is 11.2. The standard InChI is InChI=1S/C28H31N7O4/c1-5-23(36)20-14-29-26(33-25-10-9-24(17(2)31-25)39-18-11-12-38-15-18)13-22(20)32-21-8-6-7-19(27(21)37-4)28-30-16-35(3)34-28/h6-10,13-14,16,18H,5,11-12,15H2,1-4H3,(H2,29,31,32,33)/t18-/m1/s1. The Labute approximate surface area is 226 Å². The molecule has 1 aliphatic heterocycles. The van der Waals surface area contributed by atoms with E-state index in [2.05, 4.69) is 30.7 Å². The molecule has 202 valence electrons. The second kappa shape index (κ2) is 11.5. The number of pyridine rings is 2. The number of methoxy groups -OCH3 is 1. The summed E-state index contributed by atoms with van der Waals surface area (Å²) in [5, 5.41) is 11.0. The number of carbonyl (C=O) groups excluding carboxylic acids is 1. The Morgan fingerprint density at radius 1 is 1.15 bits per heavy atom. The first-order valence-electron chi connectivity index (χ1n) is 12.8. The molecule has 0 amide bonds. The van der Waals surface area contributed by atoms with Crippen molar-refractivity contribution in [2.24, 2.45) is 7.05 Å². The number of rotatable bonds is 10. The SMILES string of the molecule is CCC(=O)c1cnc(Nc2ccc(O[C@@H]3CCOC3)c(C)n2)cc1Nc1cccc(-c2ncn(C)n2)c1OC. The highest BCUT2D eigenvalue weighted by Crippen LogP contribution is 2.37. The van der Waals surface area contributed by atoms with Gasteiger partial charge in [0.1, 0.15) is 29.8 Å². The molecular formula is C28H31N7O4. The van der Waals surface area contributed by atoms with Crippen molar-refractivity contribution in [1.82, 2.24) is 24.7 Å². The van der Waals surface area contributed by atoms with Crippen LogP contribution in [0, 0.1) is 6.92 Å². The fraction of sp³-hybridized carbons (Fsp3) is 0.321. The number of hydrogen-bond donors (Lipinski definition) is 2. The lowest BCUT2D eigenvalue weighted by molar-refractivity contribution is 0.0988. The number of ether oxygens (including phenoxy) is 3. The Bertz CT molecular complexity index is 1480. The number of nitrogens with zero attached hydrogens (tertiary/aromatic N) is 5. The van der Waals surface area contributed by atoms with Gasteiger partial charge in [-0.15, -0.1) is 0 Å². The number of Topliss-reactive ketones (excluding diaryl/α,β-unsaturated/α-hetero) is 1. The molecule has 0 aliphatic carbocycles. The number of nitrogens with one attached hydrogen (secondary N) is 2. The minimum Gasteiger partial charge on any atom is -0.494 e. The van der Waals surface area contributed by atoms with E-state index < -0.39 is 0 Å². The summed E-state index contributed by atoms with van der Waals surface area (Å²) in [4.78, 5) is 26.2. The van der Waals surface area contributed by atoms with Crippen molar-refractivity contribution in [2.75, 3.05) is 31.0 Å². The van der Waals surface area contributed by atoms with Gasteiger partial charge in [-0.1, -0.05) is 13.0 Å². The van der Waals surface area contributed by atoms with Crippen LogP contribution in [0.1, 0.15) is 35.8 Å². The van der Waals surface area contributed by atoms with Gasteiger partial charge >= 0.3 is 0 Å². The summed E-state index contributed by atoms with van der Waals surface area (Å²) in [5.41, 5.74) is 3.20. The maximum Gasteiger partial charge on any atom is 0.184 e. The van der Waals surface area contributed by atoms with Gasteiger partial charge in [0.2, 0.25) is 0 Å². The second-order valence-electron chi connectivity index (χ2n) is 9.15. The molecule has 1 aromatic carbocycles. The average molecular weight is 530 g/mol. The molecule has 39 heavy (non-hydrogen) atoms. The van der Waals surface area contributed by atoms with Gasteiger partial charge in [-0.2, -0.15) is 5.10 Å². The van der Waals surface area contributed by atoms with Crippen LogP contribution in [0.3, 0.4) is 0 Å². The molecular weight excluding hydrogens is 498 g/mol. The second-order valence-corrected chi connectivity index (χ2v) is 9.15. The van der Waals surface area contributed by atoms with E-state index in [1.165, 1.54) is 0 Å². The maximum absolute atomic E-state index is 12.8. The average Bonchev–Trinajstić information content (AvgIpc) is 3.61. The van der Waals surface area contributed by atoms with Crippen LogP contribution in [0.15, 0.2) is 48.9 Å². The van der Waals surface area contributed by atoms with Crippen LogP contribution in [0.25, 0.3) is 11.4 Å². The Balaban J connectivity index is 1.43. The zero-order valence-corrected chi connectivity index (χ0v) is 22.4. The normalized spacial score (nSPS) is 14.7. The highest BCUT2D eigenvalue weighted by atomic mass is 16.5. The Morgan fingerprint density at radius 3 is 2.72 bits per heavy atom. The number of aryl methyl sites for hydroxylation is 2. The van der Waals surface area contributed by atoms with Crippen LogP contribution in [0.5, 0.6) is 11.5 Å². The minimum absolute atomic E-state index is 0.0376. The van der Waals surface area contributed by atoms with Gasteiger partial charge in [0.25, 0.3) is 0 Å². The highest BCUT2D eigenvalue weighted by Gasteiger charge is 2.20. The van der Waals surface area contributed by atoms with Gasteiger partial charge < -0.3 is 24.8 Å². The molecule has 0 spiro atoms. The molecule has 1 aliphatic rings. The van der Waals surface area contributed by atoms with E-state index in [9.17, 15) is 4.79 Å². The van der Waals surface area contributed by atoms with Crippen molar-refractivity contribution >= 4 is 28.8 Å². The number of hydrogen-bond acceptors (Lipinski definition) is 10. The molecule has 0 radical (unpaired) electrons. The molecule has 11 nitrogen and oxygen atoms in total. The smallest absolute Gasteiger partial charge is 0.184 e. The predicted molar refractivity (Wildman–Crippen MR) is 147 cm³/mol. The van der Waals surface area contributed by atoms with Crippen LogP contribution in [0.4, 0.5) is 23.0 Å². The molecule has 0 bridgehead atoms. The maximum atomic E-state index is 12.8. The van der Waals surface area contributed by atoms with Crippen LogP contribution in [-0.2, 0) is 11.8 Å². The first kappa shape index (κ1) is 26.1. The quantitative estimate of drug-likeness (QED) is 0.276. The summed E-state index contributed by atoms with van der Waals surface area (Å²) >= 11 is 0. The van der Waals surface area contributed by atoms with Gasteiger partial charge in [-0.25, -0.2) is 15.0 Å². The number of aromatic nitrogens is 5. The third-order valence-corrected chi connectivity index (χ3v) is 6.33. The molecule has 1 saturated heterocycles. The molecule has 0 saturated carbocycles. The summed E-state index contributed by atoms with van der Waals surface area (Å²) in [7, 11) is 3.40. The molecule has 2 N–H and O–H groups in total. The first-order valence-corrected chi connectivity index (χ1v) is 12.8. The van der Waals surface area contributed by atoms with E-state index in [0.717, 1.165) is 23.4 Å². The predicted octanol–water partition coefficient (Wildman–Crippen LogP) is 4.84. The van der Waals surface area contributed by atoms with Crippen molar-refractivity contribution < 1.29 is 19.0 Å². The molecule has 5 rings (SSSR count). The molecule has 3 aromatic heterocycles. The third-order valence-electron chi connectivity index (χ3n) is 6.33. The molecule has 0 unspecified atom stereocenters. The molecule has 11 heteroatoms. The van der Waals surface area contributed by atoms with Crippen LogP contribution in [-0.4, -0.2) is 56.9 Å². The van der Waals surface area contributed by atoms with Crippen molar-refractivity contribution in [3.05, 3.63) is 60.2 Å². The molecule has 4 aromatic rings. The minimum atomic E-state index is -0.0376. The summed E-state index contributed by atoms with van der Waals surface area (Å²) < 4.78 is 18.8. The van der Waals surface area contributed by atoms with Crippen molar-refractivity contribution in [1.29, 1.82) is 0 Å². The van der Waals surface area contributed by atoms with E-state index in [0.29, 0.717) is 59.8 Å². The van der Waals surface area contributed by atoms with Crippen molar-refractivity contribution in [2.45, 2.75) is 32.8 Å². The molecule has 1 fully saturated rings. The number of carbonyl (C=O) groups is 1. The Kier molecular flexibility index (Phi) is 7.69. The van der Waals surface area contributed by atoms with Gasteiger partial charge in [-0.05, 0) is 31.2 Å². The lowest BCUT2D eigenvalue weighted by atomic mass is 10.1. The zero-order valence-electron chi connectivity index (χ0n) is 22.4. The van der Waals surface area contributed by atoms with Gasteiger partial charge in [0.05, 0.1) is 48.5 Å². The fourth-order valence-corrected chi connectivity index (χ4v) is 4.34. The van der Waals surface area contributed by atoms with Crippen LogP contribution >= 0.6 is 0 Å². The van der Waals surface area contributed by atoms with Crippen LogP contribution < -0.4 is 20.1 Å². The lowest BCUT2D eigenvalue weighted by Gasteiger charge is -2.17. The monoisotopic (exact) mass is 529 g/mol. The number of ketones is 1. The molecule has 4 heterocycles. The summed E-state index contributed by atoms with van der Waals surface area (Å²) in [5.74, 6) is 2.92. The van der Waals surface area contributed by atoms with E-state index in [4.69, 9.17) is 14.2 Å². The molecule has 1 atom stereocenters. The van der Waals surface area contributed by atoms with Gasteiger partial charge in [0.15, 0.2) is 17.4 Å². The first-order chi connectivity index (χ1) is 18.9. The Morgan fingerprint density at radius 2 is 2.03 bits per heavy atom. The van der Waals surface area contributed by atoms with Gasteiger partial charge in [-0.3, -0.25) is 9.48 Å². The lowest BCUT2D eigenvalue weighted by Crippen LogP contribution is -2.16. The largest absolute Gasteiger partial charge is 0.494 e. The zero-order chi connectivity index (χ0) is 27.4. The van der Waals surface area contributed by atoms with Crippen molar-refractivity contribution in [3.8, 4) is 22.9 Å². The van der Waals surface area contributed by atoms with E-state index >= 15 is 0 Å². The number of anilines is 4. The summed E-state index contributed by atoms with van der Waals surface area (Å²) in [6.45, 7) is 5.02. The highest BCUT2D eigenvalue weighted by molar-refractivity contribution is 6.02. The third kappa shape index (κ3) is 5.83. The summed E-state index contributed by atoms with van der Waals surface area (Å²) in [6.07, 6.45) is 4.45. The fourth-order valence-electron chi connectivity index (χ4n) is 4.34. The number of benzene rings is 1. The van der Waals surface area contributed by atoms with Gasteiger partial charge in [0, 0.05) is 32.2 Å². The van der Waals surface area contributed by atoms with E-state index in [-0.39, 0.29) is 11.9 Å². The Hall–Kier alpha value is -4.51. The van der Waals surface area contributed by atoms with E-state index in [1.54, 1.807) is 37.4 Å².